The van der Waals surface area contributed by atoms with Gasteiger partial charge in [0, 0.05) is 0 Å². The van der Waals surface area contributed by atoms with Gasteiger partial charge in [0.15, 0.2) is 0 Å². The maximum Gasteiger partial charge on any atom is 0.315 e. The molecule has 0 spiro atoms. The minimum Gasteiger partial charge on any atom is -0.407 e. The Balaban J connectivity index is 2.01. The van der Waals surface area contributed by atoms with Crippen molar-refractivity contribution in [1.29, 1.82) is 0 Å². The number of anilines is 1. The second-order valence-corrected chi connectivity index (χ2v) is 4.66. The lowest BCUT2D eigenvalue weighted by molar-refractivity contribution is 0.478. The monoisotopic (exact) mass is 278 g/mol. The molecule has 2 rings (SSSR count). The molecule has 1 heterocycles. The van der Waals surface area contributed by atoms with Crippen molar-refractivity contribution in [3.63, 3.8) is 0 Å². The van der Waals surface area contributed by atoms with Crippen LogP contribution in [0.2, 0.25) is 0 Å². The zero-order valence-electron chi connectivity index (χ0n) is 11.9. The third kappa shape index (κ3) is 3.54. The molecule has 6 heteroatoms. The summed E-state index contributed by atoms with van der Waals surface area (Å²) in [6.45, 7) is 7.03. The van der Waals surface area contributed by atoms with Gasteiger partial charge in [0.2, 0.25) is 5.89 Å². The molecule has 2 N–H and O–H groups in total. The van der Waals surface area contributed by atoms with Crippen LogP contribution in [0.3, 0.4) is 0 Å². The molecule has 0 radical (unpaired) electrons. The average molecular weight is 278 g/mol. The highest BCUT2D eigenvalue weighted by Gasteiger charge is 2.11. The largest absolute Gasteiger partial charge is 0.407 e. The molecule has 0 aliphatic heterocycles. The van der Waals surface area contributed by atoms with Gasteiger partial charge in [0.25, 0.3) is 0 Å². The van der Waals surface area contributed by atoms with Crippen LogP contribution in [-0.4, -0.2) is 16.7 Å². The van der Waals surface area contributed by atoms with Gasteiger partial charge >= 0.3 is 6.01 Å². The van der Waals surface area contributed by atoms with E-state index in [1.807, 2.05) is 19.9 Å². The van der Waals surface area contributed by atoms with E-state index in [-0.39, 0.29) is 11.9 Å². The molecule has 0 saturated heterocycles. The molecule has 0 aliphatic rings. The molecule has 1 unspecified atom stereocenters. The van der Waals surface area contributed by atoms with Gasteiger partial charge < -0.3 is 15.1 Å². The number of aryl methyl sites for hydroxylation is 1. The summed E-state index contributed by atoms with van der Waals surface area (Å²) in [7, 11) is 0. The zero-order chi connectivity index (χ0) is 14.5. The molecule has 1 aromatic heterocycles. The number of nitrogens with zero attached hydrogens (tertiary/aromatic N) is 2. The van der Waals surface area contributed by atoms with Gasteiger partial charge in [-0.05, 0) is 37.6 Å². The lowest BCUT2D eigenvalue weighted by atomic mass is 10.1. The van der Waals surface area contributed by atoms with Gasteiger partial charge in [-0.1, -0.05) is 24.2 Å². The van der Waals surface area contributed by atoms with Crippen LogP contribution in [0, 0.1) is 12.7 Å². The second kappa shape index (κ2) is 6.47. The molecule has 20 heavy (non-hydrogen) atoms. The Hall–Kier alpha value is -1.95. The van der Waals surface area contributed by atoms with Crippen LogP contribution in [0.25, 0.3) is 0 Å². The van der Waals surface area contributed by atoms with E-state index in [9.17, 15) is 4.39 Å². The highest BCUT2D eigenvalue weighted by Crippen LogP contribution is 2.20. The van der Waals surface area contributed by atoms with Gasteiger partial charge in [0.05, 0.1) is 12.6 Å². The van der Waals surface area contributed by atoms with Crippen LogP contribution in [0.15, 0.2) is 22.6 Å². The van der Waals surface area contributed by atoms with Gasteiger partial charge in [-0.3, -0.25) is 0 Å². The second-order valence-electron chi connectivity index (χ2n) is 4.66. The molecule has 5 nitrogen and oxygen atoms in total. The fourth-order valence-electron chi connectivity index (χ4n) is 1.76. The predicted octanol–water partition coefficient (Wildman–Crippen LogP) is 2.80. The molecule has 2 aromatic rings. The van der Waals surface area contributed by atoms with Crippen molar-refractivity contribution in [3.8, 4) is 0 Å². The number of rotatable bonds is 6. The lowest BCUT2D eigenvalue weighted by Crippen LogP contribution is -2.11. The van der Waals surface area contributed by atoms with Crippen LogP contribution in [0.1, 0.15) is 36.9 Å². The Labute approximate surface area is 117 Å². The van der Waals surface area contributed by atoms with E-state index in [4.69, 9.17) is 4.42 Å². The Morgan fingerprint density at radius 2 is 2.15 bits per heavy atom. The third-order valence-corrected chi connectivity index (χ3v) is 3.03. The summed E-state index contributed by atoms with van der Waals surface area (Å²) in [4.78, 5) is 0. The molecule has 0 saturated carbocycles. The number of halogens is 1. The predicted molar refractivity (Wildman–Crippen MR) is 74.9 cm³/mol. The number of nitrogens with one attached hydrogen (secondary N) is 2. The normalized spacial score (nSPS) is 12.4. The smallest absolute Gasteiger partial charge is 0.315 e. The van der Waals surface area contributed by atoms with E-state index in [1.54, 1.807) is 13.0 Å². The van der Waals surface area contributed by atoms with Crippen LogP contribution >= 0.6 is 0 Å². The van der Waals surface area contributed by atoms with Crippen molar-refractivity contribution in [3.05, 3.63) is 41.0 Å². The summed E-state index contributed by atoms with van der Waals surface area (Å²) in [5.41, 5.74) is 1.46. The van der Waals surface area contributed by atoms with E-state index >= 15 is 0 Å². The Kier molecular flexibility index (Phi) is 4.68. The fraction of sp³-hybridized carbons (Fsp3) is 0.429. The highest BCUT2D eigenvalue weighted by molar-refractivity contribution is 5.31. The SMILES string of the molecule is CCNCc1nnc(NC(C)c2ccc(C)c(F)c2)o1. The van der Waals surface area contributed by atoms with E-state index < -0.39 is 0 Å². The fourth-order valence-corrected chi connectivity index (χ4v) is 1.76. The number of hydrogen-bond acceptors (Lipinski definition) is 5. The Morgan fingerprint density at radius 3 is 2.85 bits per heavy atom. The maximum atomic E-state index is 13.5. The molecule has 0 amide bonds. The first-order chi connectivity index (χ1) is 9.60. The minimum atomic E-state index is -0.213. The van der Waals surface area contributed by atoms with E-state index in [0.29, 0.717) is 24.0 Å². The summed E-state index contributed by atoms with van der Waals surface area (Å²) >= 11 is 0. The van der Waals surface area contributed by atoms with Gasteiger partial charge in [-0.2, -0.15) is 0 Å². The van der Waals surface area contributed by atoms with Crippen molar-refractivity contribution >= 4 is 6.01 Å². The number of benzene rings is 1. The van der Waals surface area contributed by atoms with Crippen molar-refractivity contribution in [1.82, 2.24) is 15.5 Å². The molecule has 0 aliphatic carbocycles. The van der Waals surface area contributed by atoms with Crippen molar-refractivity contribution in [2.24, 2.45) is 0 Å². The van der Waals surface area contributed by atoms with Crippen LogP contribution in [0.4, 0.5) is 10.4 Å². The quantitative estimate of drug-likeness (QED) is 0.850. The number of aromatic nitrogens is 2. The molecule has 1 aromatic carbocycles. The van der Waals surface area contributed by atoms with Gasteiger partial charge in [-0.15, -0.1) is 5.10 Å². The number of hydrogen-bond donors (Lipinski definition) is 2. The molecular formula is C14H19FN4O. The zero-order valence-corrected chi connectivity index (χ0v) is 11.9. The highest BCUT2D eigenvalue weighted by atomic mass is 19.1. The van der Waals surface area contributed by atoms with E-state index in [0.717, 1.165) is 12.1 Å². The minimum absolute atomic E-state index is 0.113. The maximum absolute atomic E-state index is 13.5. The Bertz CT molecular complexity index is 570. The Morgan fingerprint density at radius 1 is 1.35 bits per heavy atom. The topological polar surface area (TPSA) is 63.0 Å². The van der Waals surface area contributed by atoms with Crippen molar-refractivity contribution in [2.75, 3.05) is 11.9 Å². The van der Waals surface area contributed by atoms with E-state index in [1.165, 1.54) is 6.07 Å². The molecule has 108 valence electrons. The summed E-state index contributed by atoms with van der Waals surface area (Å²) in [5.74, 6) is 0.311. The van der Waals surface area contributed by atoms with E-state index in [2.05, 4.69) is 20.8 Å². The average Bonchev–Trinajstić information content (AvgIpc) is 2.87. The summed E-state index contributed by atoms with van der Waals surface area (Å²) < 4.78 is 19.0. The standard InChI is InChI=1S/C14H19FN4O/c1-4-16-8-13-18-19-14(20-13)17-10(3)11-6-5-9(2)12(15)7-11/h5-7,10,16H,4,8H2,1-3H3,(H,17,19). The van der Waals surface area contributed by atoms with Crippen molar-refractivity contribution < 1.29 is 8.81 Å². The summed E-state index contributed by atoms with van der Waals surface area (Å²) in [6.07, 6.45) is 0. The van der Waals surface area contributed by atoms with Crippen LogP contribution < -0.4 is 10.6 Å². The van der Waals surface area contributed by atoms with Gasteiger partial charge in [-0.25, -0.2) is 4.39 Å². The first-order valence-corrected chi connectivity index (χ1v) is 6.65. The molecule has 1 atom stereocenters. The molecule has 0 bridgehead atoms. The molecular weight excluding hydrogens is 259 g/mol. The summed E-state index contributed by atoms with van der Waals surface area (Å²) in [6, 6.07) is 5.38. The summed E-state index contributed by atoms with van der Waals surface area (Å²) in [5, 5.41) is 14.0. The third-order valence-electron chi connectivity index (χ3n) is 3.03. The van der Waals surface area contributed by atoms with Crippen LogP contribution in [0.5, 0.6) is 0 Å². The molecule has 0 fully saturated rings. The van der Waals surface area contributed by atoms with Crippen LogP contribution in [-0.2, 0) is 6.54 Å². The first kappa shape index (κ1) is 14.5. The lowest BCUT2D eigenvalue weighted by Gasteiger charge is -2.12. The van der Waals surface area contributed by atoms with Gasteiger partial charge in [0.1, 0.15) is 5.82 Å². The van der Waals surface area contributed by atoms with Crippen molar-refractivity contribution in [2.45, 2.75) is 33.4 Å². The first-order valence-electron chi connectivity index (χ1n) is 6.65.